The predicted molar refractivity (Wildman–Crippen MR) is 169 cm³/mol. The smallest absolute Gasteiger partial charge is 0.449 e. The van der Waals surface area contributed by atoms with E-state index in [1.165, 1.54) is 32.0 Å². The minimum Gasteiger partial charge on any atom is -0.458 e. The first kappa shape index (κ1) is 37.6. The lowest BCUT2D eigenvalue weighted by Gasteiger charge is -2.31. The molecule has 3 N–H and O–H groups in total. The van der Waals surface area contributed by atoms with E-state index in [4.69, 9.17) is 22.6 Å². The average molecular weight is 671 g/mol. The number of aliphatic hydroxyl groups excluding tert-OH is 2. The number of amides is 1. The Bertz CT molecular complexity index is 1390. The molecule has 1 amide bonds. The van der Waals surface area contributed by atoms with Crippen LogP contribution in [0.5, 0.6) is 11.5 Å². The fourth-order valence-corrected chi connectivity index (χ4v) is 5.50. The van der Waals surface area contributed by atoms with E-state index in [0.717, 1.165) is 12.1 Å². The van der Waals surface area contributed by atoms with E-state index in [0.29, 0.717) is 25.4 Å². The predicted octanol–water partition coefficient (Wildman–Crippen LogP) is 3.11. The number of aromatic nitrogens is 3. The van der Waals surface area contributed by atoms with Crippen molar-refractivity contribution in [1.29, 1.82) is 0 Å². The minimum atomic E-state index is -4.52. The molecule has 2 heterocycles. The summed E-state index contributed by atoms with van der Waals surface area (Å²) < 4.78 is 54.0. The van der Waals surface area contributed by atoms with Crippen LogP contribution in [-0.2, 0) is 36.0 Å². The Hall–Kier alpha value is -2.82. The van der Waals surface area contributed by atoms with Crippen molar-refractivity contribution in [3.8, 4) is 11.5 Å². The van der Waals surface area contributed by atoms with Crippen LogP contribution in [0.1, 0.15) is 90.7 Å². The lowest BCUT2D eigenvalue weighted by atomic mass is 10.0. The quantitative estimate of drug-likeness (QED) is 0.224. The maximum absolute atomic E-state index is 13.0. The van der Waals surface area contributed by atoms with Crippen LogP contribution in [-0.4, -0.2) is 89.5 Å². The standard InChI is InChI=1S/C31H50N4O10S/c1-20(2)15-23-18-35(34-33-23)30(5,6)12-14-42-31(7,8)11-13-32-28(38)22-9-10-26(43-29-25(37)17-24(36)19-41-29)27(16-22)45-46(39,40)44-21(3)4/h9-10,16,18,20-21,24-25,29,36-37H,11-15,17,19H2,1-8H3,(H,32,38)/t24-,25?,29+/m1/s1. The van der Waals surface area contributed by atoms with E-state index in [1.54, 1.807) is 0 Å². The summed E-state index contributed by atoms with van der Waals surface area (Å²) in [6.45, 7) is 16.1. The summed E-state index contributed by atoms with van der Waals surface area (Å²) in [7, 11) is -4.52. The molecule has 0 saturated carbocycles. The third-order valence-corrected chi connectivity index (χ3v) is 8.23. The van der Waals surface area contributed by atoms with E-state index in [-0.39, 0.29) is 42.2 Å². The van der Waals surface area contributed by atoms with Crippen molar-refractivity contribution in [2.45, 2.75) is 117 Å². The fourth-order valence-electron chi connectivity index (χ4n) is 4.64. The van der Waals surface area contributed by atoms with Gasteiger partial charge >= 0.3 is 10.4 Å². The van der Waals surface area contributed by atoms with Gasteiger partial charge in [-0.3, -0.25) is 4.79 Å². The monoisotopic (exact) mass is 670 g/mol. The Labute approximate surface area is 272 Å². The van der Waals surface area contributed by atoms with Crippen LogP contribution in [0.3, 0.4) is 0 Å². The van der Waals surface area contributed by atoms with Crippen LogP contribution in [0.2, 0.25) is 0 Å². The molecule has 3 atom stereocenters. The van der Waals surface area contributed by atoms with Crippen LogP contribution in [0.4, 0.5) is 0 Å². The van der Waals surface area contributed by atoms with Gasteiger partial charge in [-0.2, -0.15) is 8.42 Å². The van der Waals surface area contributed by atoms with Crippen molar-refractivity contribution in [3.63, 3.8) is 0 Å². The van der Waals surface area contributed by atoms with Crippen molar-refractivity contribution in [2.24, 2.45) is 5.92 Å². The van der Waals surface area contributed by atoms with Gasteiger partial charge < -0.3 is 33.9 Å². The molecule has 1 fully saturated rings. The van der Waals surface area contributed by atoms with Gasteiger partial charge in [0, 0.05) is 31.3 Å². The number of hydrogen-bond acceptors (Lipinski definition) is 12. The molecule has 1 unspecified atom stereocenters. The summed E-state index contributed by atoms with van der Waals surface area (Å²) in [5.41, 5.74) is 0.229. The molecule has 1 aliphatic heterocycles. The first-order chi connectivity index (χ1) is 21.4. The molecule has 1 aromatic carbocycles. The number of carbonyl (C=O) groups is 1. The highest BCUT2D eigenvalue weighted by molar-refractivity contribution is 7.82. The zero-order valence-corrected chi connectivity index (χ0v) is 28.9. The molecular formula is C31H50N4O10S. The highest BCUT2D eigenvalue weighted by atomic mass is 32.3. The highest BCUT2D eigenvalue weighted by Gasteiger charge is 2.32. The van der Waals surface area contributed by atoms with E-state index in [2.05, 4.69) is 43.3 Å². The van der Waals surface area contributed by atoms with Crippen LogP contribution in [0, 0.1) is 5.92 Å². The molecular weight excluding hydrogens is 620 g/mol. The van der Waals surface area contributed by atoms with Crippen molar-refractivity contribution in [3.05, 3.63) is 35.7 Å². The summed E-state index contributed by atoms with van der Waals surface area (Å²) in [6, 6.07) is 3.97. The Morgan fingerprint density at radius 1 is 1.13 bits per heavy atom. The number of nitrogens with one attached hydrogen (secondary N) is 1. The van der Waals surface area contributed by atoms with Crippen LogP contribution in [0.25, 0.3) is 0 Å². The molecule has 2 aromatic rings. The van der Waals surface area contributed by atoms with Gasteiger partial charge in [0.1, 0.15) is 6.10 Å². The average Bonchev–Trinajstić information content (AvgIpc) is 3.38. The summed E-state index contributed by atoms with van der Waals surface area (Å²) in [6.07, 6.45) is 0.150. The molecule has 0 spiro atoms. The number of rotatable bonds is 17. The molecule has 3 rings (SSSR count). The molecule has 46 heavy (non-hydrogen) atoms. The fraction of sp³-hybridized carbons (Fsp3) is 0.710. The molecule has 0 radical (unpaired) electrons. The number of aliphatic hydroxyl groups is 2. The van der Waals surface area contributed by atoms with Gasteiger partial charge in [0.15, 0.2) is 11.5 Å². The van der Waals surface area contributed by atoms with E-state index >= 15 is 0 Å². The first-order valence-corrected chi connectivity index (χ1v) is 16.9. The number of hydrogen-bond donors (Lipinski definition) is 3. The van der Waals surface area contributed by atoms with Gasteiger partial charge in [0.05, 0.1) is 35.6 Å². The SMILES string of the molecule is CC(C)Cc1cn(C(C)(C)CCOC(C)(C)CCNC(=O)c2ccc(O[C@@H]3OC[C@H](O)CC3O)c(OS(=O)(=O)OC(C)C)c2)nn1. The molecule has 1 aromatic heterocycles. The Kier molecular flexibility index (Phi) is 13.0. The van der Waals surface area contributed by atoms with Crippen LogP contribution >= 0.6 is 0 Å². The molecule has 14 nitrogen and oxygen atoms in total. The number of ether oxygens (including phenoxy) is 3. The first-order valence-electron chi connectivity index (χ1n) is 15.6. The maximum atomic E-state index is 13.0. The topological polar surface area (TPSA) is 181 Å². The van der Waals surface area contributed by atoms with Gasteiger partial charge in [-0.25, -0.2) is 8.86 Å². The highest BCUT2D eigenvalue weighted by Crippen LogP contribution is 2.33. The molecule has 15 heteroatoms. The van der Waals surface area contributed by atoms with Crippen molar-refractivity contribution >= 4 is 16.3 Å². The van der Waals surface area contributed by atoms with E-state index < -0.39 is 46.5 Å². The Balaban J connectivity index is 1.59. The second-order valence-corrected chi connectivity index (χ2v) is 14.7. The minimum absolute atomic E-state index is 0.00896. The molecule has 0 aliphatic carbocycles. The number of nitrogens with zero attached hydrogens (tertiary/aromatic N) is 3. The molecule has 0 bridgehead atoms. The van der Waals surface area contributed by atoms with Gasteiger partial charge in [-0.15, -0.1) is 5.10 Å². The van der Waals surface area contributed by atoms with Gasteiger partial charge in [-0.05, 0) is 84.9 Å². The largest absolute Gasteiger partial charge is 0.458 e. The van der Waals surface area contributed by atoms with Gasteiger partial charge in [0.2, 0.25) is 6.29 Å². The lowest BCUT2D eigenvalue weighted by Crippen LogP contribution is -2.44. The van der Waals surface area contributed by atoms with Crippen molar-refractivity contribution in [2.75, 3.05) is 19.8 Å². The second-order valence-electron chi connectivity index (χ2n) is 13.5. The Morgan fingerprint density at radius 2 is 1.85 bits per heavy atom. The second kappa shape index (κ2) is 15.8. The number of carbonyl (C=O) groups excluding carboxylic acids is 1. The van der Waals surface area contributed by atoms with Crippen LogP contribution < -0.4 is 14.2 Å². The van der Waals surface area contributed by atoms with Crippen LogP contribution in [0.15, 0.2) is 24.4 Å². The van der Waals surface area contributed by atoms with E-state index in [1.807, 2.05) is 24.7 Å². The number of benzene rings is 1. The van der Waals surface area contributed by atoms with Crippen molar-refractivity contribution in [1.82, 2.24) is 20.3 Å². The summed E-state index contributed by atoms with van der Waals surface area (Å²) in [5, 5.41) is 31.4. The van der Waals surface area contributed by atoms with Crippen molar-refractivity contribution < 1.29 is 46.0 Å². The third-order valence-electron chi connectivity index (χ3n) is 7.23. The summed E-state index contributed by atoms with van der Waals surface area (Å²) >= 11 is 0. The molecule has 1 saturated heterocycles. The normalized spacial score (nSPS) is 19.4. The summed E-state index contributed by atoms with van der Waals surface area (Å²) in [4.78, 5) is 13.0. The maximum Gasteiger partial charge on any atom is 0.449 e. The Morgan fingerprint density at radius 3 is 2.50 bits per heavy atom. The third kappa shape index (κ3) is 11.8. The summed E-state index contributed by atoms with van der Waals surface area (Å²) in [5.74, 6) is -0.413. The lowest BCUT2D eigenvalue weighted by molar-refractivity contribution is -0.199. The van der Waals surface area contributed by atoms with Gasteiger partial charge in [-0.1, -0.05) is 19.1 Å². The molecule has 1 aliphatic rings. The van der Waals surface area contributed by atoms with Gasteiger partial charge in [0.25, 0.3) is 5.91 Å². The zero-order valence-electron chi connectivity index (χ0n) is 28.1. The van der Waals surface area contributed by atoms with E-state index in [9.17, 15) is 23.4 Å². The molecule has 260 valence electrons. The zero-order chi connectivity index (χ0) is 34.3.